The van der Waals surface area contributed by atoms with E-state index in [0.717, 1.165) is 49.8 Å². The van der Waals surface area contributed by atoms with E-state index >= 15 is 0 Å². The van der Waals surface area contributed by atoms with Crippen molar-refractivity contribution in [3.05, 3.63) is 64.2 Å². The van der Waals surface area contributed by atoms with Gasteiger partial charge in [0, 0.05) is 24.1 Å². The van der Waals surface area contributed by atoms with Crippen LogP contribution < -0.4 is 0 Å². The molecule has 0 bridgehead atoms. The molecule has 1 N–H and O–H groups in total. The highest BCUT2D eigenvalue weighted by Gasteiger charge is 2.40. The third kappa shape index (κ3) is 2.80. The second-order valence-electron chi connectivity index (χ2n) is 7.75. The van der Waals surface area contributed by atoms with E-state index in [2.05, 4.69) is 36.1 Å². The Balaban J connectivity index is 1.65. The van der Waals surface area contributed by atoms with E-state index in [-0.39, 0.29) is 17.7 Å². The first-order valence-electron chi connectivity index (χ1n) is 9.81. The summed E-state index contributed by atoms with van der Waals surface area (Å²) in [6, 6.07) is 12.5. The number of amides is 1. The van der Waals surface area contributed by atoms with Gasteiger partial charge in [-0.1, -0.05) is 37.6 Å². The molecule has 0 aromatic heterocycles. The van der Waals surface area contributed by atoms with Crippen LogP contribution in [0.15, 0.2) is 36.4 Å². The molecule has 2 aliphatic rings. The highest BCUT2D eigenvalue weighted by molar-refractivity contribution is 5.95. The van der Waals surface area contributed by atoms with Gasteiger partial charge in [0.2, 0.25) is 0 Å². The van der Waals surface area contributed by atoms with Crippen molar-refractivity contribution in [1.29, 1.82) is 0 Å². The quantitative estimate of drug-likeness (QED) is 0.880. The largest absolute Gasteiger partial charge is 0.508 e. The number of phenolic OH excluding ortho intramolecular Hbond substituents is 1. The molecule has 1 heterocycles. The molecule has 0 spiro atoms. The summed E-state index contributed by atoms with van der Waals surface area (Å²) in [6.07, 6.45) is 5.04. The van der Waals surface area contributed by atoms with Crippen molar-refractivity contribution in [2.75, 3.05) is 6.54 Å². The minimum Gasteiger partial charge on any atom is -0.508 e. The van der Waals surface area contributed by atoms with E-state index in [9.17, 15) is 9.90 Å². The number of phenols is 1. The topological polar surface area (TPSA) is 40.5 Å². The molecule has 2 atom stereocenters. The molecule has 1 amide bonds. The Kier molecular flexibility index (Phi) is 4.47. The number of carbonyl (C=O) groups is 1. The highest BCUT2D eigenvalue weighted by atomic mass is 16.3. The predicted octanol–water partition coefficient (Wildman–Crippen LogP) is 4.60. The maximum atomic E-state index is 13.3. The summed E-state index contributed by atoms with van der Waals surface area (Å²) in [5.74, 6) is 0.765. The van der Waals surface area contributed by atoms with Crippen LogP contribution in [-0.2, 0) is 12.8 Å². The van der Waals surface area contributed by atoms with Crippen LogP contribution in [0.1, 0.15) is 64.7 Å². The van der Waals surface area contributed by atoms with Gasteiger partial charge in [0.25, 0.3) is 5.91 Å². The van der Waals surface area contributed by atoms with Crippen LogP contribution in [0, 0.1) is 6.92 Å². The monoisotopic (exact) mass is 349 g/mol. The third-order valence-corrected chi connectivity index (χ3v) is 6.18. The summed E-state index contributed by atoms with van der Waals surface area (Å²) in [6.45, 7) is 4.86. The van der Waals surface area contributed by atoms with E-state index in [1.165, 1.54) is 11.1 Å². The fraction of sp³-hybridized carbons (Fsp3) is 0.435. The Morgan fingerprint density at radius 1 is 1.27 bits per heavy atom. The SMILES string of the molecule is CCCc1cc(C(=O)N2CCCC3c4ccccc4CC32)cc(O)c1C. The van der Waals surface area contributed by atoms with Gasteiger partial charge in [0.05, 0.1) is 0 Å². The van der Waals surface area contributed by atoms with Gasteiger partial charge in [-0.05, 0) is 67.0 Å². The Labute approximate surface area is 155 Å². The van der Waals surface area contributed by atoms with Crippen LogP contribution in [0.2, 0.25) is 0 Å². The summed E-state index contributed by atoms with van der Waals surface area (Å²) >= 11 is 0. The van der Waals surface area contributed by atoms with Gasteiger partial charge in [-0.3, -0.25) is 4.79 Å². The fourth-order valence-corrected chi connectivity index (χ4v) is 4.81. The summed E-state index contributed by atoms with van der Waals surface area (Å²) in [5, 5.41) is 10.3. The second kappa shape index (κ2) is 6.79. The molecule has 0 saturated carbocycles. The molecule has 1 fully saturated rings. The molecule has 1 aliphatic carbocycles. The van der Waals surface area contributed by atoms with Crippen LogP contribution in [0.25, 0.3) is 0 Å². The number of carbonyl (C=O) groups excluding carboxylic acids is 1. The first-order valence-corrected chi connectivity index (χ1v) is 9.81. The number of fused-ring (bicyclic) bond motifs is 3. The van der Waals surface area contributed by atoms with Crippen molar-refractivity contribution >= 4 is 5.91 Å². The smallest absolute Gasteiger partial charge is 0.254 e. The molecule has 1 aliphatic heterocycles. The minimum atomic E-state index is 0.0696. The van der Waals surface area contributed by atoms with Crippen LogP contribution in [0.3, 0.4) is 0 Å². The molecule has 3 nitrogen and oxygen atoms in total. The number of hydrogen-bond acceptors (Lipinski definition) is 2. The number of nitrogens with zero attached hydrogens (tertiary/aromatic N) is 1. The summed E-state index contributed by atoms with van der Waals surface area (Å²) in [7, 11) is 0. The molecular weight excluding hydrogens is 322 g/mol. The Hall–Kier alpha value is -2.29. The number of piperidine rings is 1. The standard InChI is InChI=1S/C23H27NO2/c1-3-7-16-12-18(14-22(25)15(16)2)23(26)24-11-6-10-20-19-9-5-4-8-17(19)13-21(20)24/h4-5,8-9,12,14,20-21,25H,3,6-7,10-11,13H2,1-2H3. The zero-order valence-corrected chi connectivity index (χ0v) is 15.7. The molecule has 26 heavy (non-hydrogen) atoms. The zero-order valence-electron chi connectivity index (χ0n) is 15.7. The van der Waals surface area contributed by atoms with E-state index in [1.54, 1.807) is 6.07 Å². The van der Waals surface area contributed by atoms with Crippen molar-refractivity contribution in [2.45, 2.75) is 57.9 Å². The Morgan fingerprint density at radius 2 is 2.08 bits per heavy atom. The normalized spacial score (nSPS) is 21.4. The predicted molar refractivity (Wildman–Crippen MR) is 104 cm³/mol. The second-order valence-corrected chi connectivity index (χ2v) is 7.75. The highest BCUT2D eigenvalue weighted by Crippen LogP contribution is 2.42. The van der Waals surface area contributed by atoms with Crippen LogP contribution in [0.5, 0.6) is 5.75 Å². The van der Waals surface area contributed by atoms with Gasteiger partial charge in [0.1, 0.15) is 5.75 Å². The number of aromatic hydroxyl groups is 1. The Bertz CT molecular complexity index is 842. The van der Waals surface area contributed by atoms with Gasteiger partial charge in [-0.2, -0.15) is 0 Å². The lowest BCUT2D eigenvalue weighted by atomic mass is 9.88. The van der Waals surface area contributed by atoms with Crippen LogP contribution in [-0.4, -0.2) is 28.5 Å². The molecule has 136 valence electrons. The first kappa shape index (κ1) is 17.1. The third-order valence-electron chi connectivity index (χ3n) is 6.18. The lowest BCUT2D eigenvalue weighted by Crippen LogP contribution is -2.46. The van der Waals surface area contributed by atoms with E-state index in [1.807, 2.05) is 13.0 Å². The lowest BCUT2D eigenvalue weighted by molar-refractivity contribution is 0.0595. The van der Waals surface area contributed by atoms with Crippen molar-refractivity contribution in [2.24, 2.45) is 0 Å². The number of aryl methyl sites for hydroxylation is 1. The first-order chi connectivity index (χ1) is 12.6. The molecule has 3 heteroatoms. The molecule has 2 unspecified atom stereocenters. The molecule has 2 aromatic rings. The molecule has 0 radical (unpaired) electrons. The Morgan fingerprint density at radius 3 is 2.88 bits per heavy atom. The van der Waals surface area contributed by atoms with Crippen molar-refractivity contribution in [1.82, 2.24) is 4.90 Å². The van der Waals surface area contributed by atoms with Crippen molar-refractivity contribution in [3.63, 3.8) is 0 Å². The molecule has 2 aromatic carbocycles. The molecule has 4 rings (SSSR count). The maximum Gasteiger partial charge on any atom is 0.254 e. The number of benzene rings is 2. The maximum absolute atomic E-state index is 13.3. The fourth-order valence-electron chi connectivity index (χ4n) is 4.81. The van der Waals surface area contributed by atoms with E-state index in [4.69, 9.17) is 0 Å². The summed E-state index contributed by atoms with van der Waals surface area (Å²) < 4.78 is 0. The van der Waals surface area contributed by atoms with E-state index in [0.29, 0.717) is 11.5 Å². The van der Waals surface area contributed by atoms with Crippen molar-refractivity contribution in [3.8, 4) is 5.75 Å². The summed E-state index contributed by atoms with van der Waals surface area (Å²) in [5.41, 5.74) is 5.43. The van der Waals surface area contributed by atoms with Crippen LogP contribution >= 0.6 is 0 Å². The number of rotatable bonds is 3. The van der Waals surface area contributed by atoms with Gasteiger partial charge < -0.3 is 10.0 Å². The molecular formula is C23H27NO2. The zero-order chi connectivity index (χ0) is 18.3. The van der Waals surface area contributed by atoms with Crippen LogP contribution in [0.4, 0.5) is 0 Å². The minimum absolute atomic E-state index is 0.0696. The van der Waals surface area contributed by atoms with E-state index < -0.39 is 0 Å². The molecule has 1 saturated heterocycles. The van der Waals surface area contributed by atoms with Gasteiger partial charge in [-0.15, -0.1) is 0 Å². The lowest BCUT2D eigenvalue weighted by Gasteiger charge is -2.38. The number of likely N-dealkylation sites (tertiary alicyclic amines) is 1. The average molecular weight is 349 g/mol. The number of hydrogen-bond donors (Lipinski definition) is 1. The summed E-state index contributed by atoms with van der Waals surface area (Å²) in [4.78, 5) is 15.4. The van der Waals surface area contributed by atoms with Gasteiger partial charge in [-0.25, -0.2) is 0 Å². The van der Waals surface area contributed by atoms with Crippen molar-refractivity contribution < 1.29 is 9.90 Å². The van der Waals surface area contributed by atoms with Gasteiger partial charge >= 0.3 is 0 Å². The van der Waals surface area contributed by atoms with Gasteiger partial charge in [0.15, 0.2) is 0 Å². The average Bonchev–Trinajstić information content (AvgIpc) is 3.03.